The number of carbonyl (C=O) groups excluding carboxylic acids is 1. The second-order valence-electron chi connectivity index (χ2n) is 5.04. The molecule has 2 aromatic heterocycles. The first-order chi connectivity index (χ1) is 9.47. The highest BCUT2D eigenvalue weighted by molar-refractivity contribution is 7.09. The molecule has 0 aliphatic carbocycles. The molecule has 2 rings (SSSR count). The summed E-state index contributed by atoms with van der Waals surface area (Å²) in [7, 11) is 0. The SMILES string of the molecule is Cc1ccc(C(C)(O)CNC(=O)CCc2cccs2)o1. The minimum atomic E-state index is -1.19. The van der Waals surface area contributed by atoms with Gasteiger partial charge in [0, 0.05) is 11.3 Å². The lowest BCUT2D eigenvalue weighted by Gasteiger charge is -2.21. The molecular formula is C15H19NO3S. The van der Waals surface area contributed by atoms with E-state index in [9.17, 15) is 9.90 Å². The van der Waals surface area contributed by atoms with Crippen molar-refractivity contribution in [2.45, 2.75) is 32.3 Å². The van der Waals surface area contributed by atoms with Gasteiger partial charge in [-0.1, -0.05) is 6.07 Å². The van der Waals surface area contributed by atoms with Crippen LogP contribution in [0, 0.1) is 6.92 Å². The first-order valence-corrected chi connectivity index (χ1v) is 7.44. The lowest BCUT2D eigenvalue weighted by Crippen LogP contribution is -2.38. The molecule has 20 heavy (non-hydrogen) atoms. The molecule has 0 bridgehead atoms. The molecule has 108 valence electrons. The van der Waals surface area contributed by atoms with Gasteiger partial charge < -0.3 is 14.8 Å². The normalized spacial score (nSPS) is 13.9. The Labute approximate surface area is 122 Å². The highest BCUT2D eigenvalue weighted by atomic mass is 32.1. The summed E-state index contributed by atoms with van der Waals surface area (Å²) < 4.78 is 5.40. The molecule has 0 spiro atoms. The topological polar surface area (TPSA) is 62.5 Å². The van der Waals surface area contributed by atoms with Crippen LogP contribution in [0.2, 0.25) is 0 Å². The van der Waals surface area contributed by atoms with Gasteiger partial charge in [0.25, 0.3) is 0 Å². The maximum Gasteiger partial charge on any atom is 0.220 e. The maximum absolute atomic E-state index is 11.8. The lowest BCUT2D eigenvalue weighted by atomic mass is 10.0. The first kappa shape index (κ1) is 14.8. The van der Waals surface area contributed by atoms with Crippen molar-refractivity contribution in [3.8, 4) is 0 Å². The Hall–Kier alpha value is -1.59. The number of nitrogens with one attached hydrogen (secondary N) is 1. The number of hydrogen-bond acceptors (Lipinski definition) is 4. The van der Waals surface area contributed by atoms with Crippen LogP contribution >= 0.6 is 11.3 Å². The van der Waals surface area contributed by atoms with E-state index in [2.05, 4.69) is 5.32 Å². The van der Waals surface area contributed by atoms with E-state index in [0.717, 1.165) is 12.2 Å². The van der Waals surface area contributed by atoms with Crippen LogP contribution in [0.25, 0.3) is 0 Å². The van der Waals surface area contributed by atoms with E-state index < -0.39 is 5.60 Å². The monoisotopic (exact) mass is 293 g/mol. The number of aliphatic hydroxyl groups is 1. The Morgan fingerprint density at radius 2 is 2.25 bits per heavy atom. The van der Waals surface area contributed by atoms with E-state index in [1.807, 2.05) is 24.4 Å². The van der Waals surface area contributed by atoms with E-state index in [0.29, 0.717) is 12.2 Å². The van der Waals surface area contributed by atoms with Gasteiger partial charge in [0.05, 0.1) is 6.54 Å². The third kappa shape index (κ3) is 3.95. The van der Waals surface area contributed by atoms with Gasteiger partial charge in [-0.15, -0.1) is 11.3 Å². The van der Waals surface area contributed by atoms with Crippen LogP contribution in [0.5, 0.6) is 0 Å². The smallest absolute Gasteiger partial charge is 0.220 e. The number of hydrogen-bond donors (Lipinski definition) is 2. The highest BCUT2D eigenvalue weighted by Gasteiger charge is 2.27. The van der Waals surface area contributed by atoms with Crippen molar-refractivity contribution in [3.63, 3.8) is 0 Å². The summed E-state index contributed by atoms with van der Waals surface area (Å²) in [6.07, 6.45) is 1.15. The quantitative estimate of drug-likeness (QED) is 0.860. The summed E-state index contributed by atoms with van der Waals surface area (Å²) >= 11 is 1.64. The zero-order chi connectivity index (χ0) is 14.6. The molecule has 1 atom stereocenters. The standard InChI is InChI=1S/C15H19NO3S/c1-11-5-7-13(19-11)15(2,18)10-16-14(17)8-6-12-4-3-9-20-12/h3-5,7,9,18H,6,8,10H2,1-2H3,(H,16,17). The molecule has 1 amide bonds. The summed E-state index contributed by atoms with van der Waals surface area (Å²) in [5.74, 6) is 1.14. The number of amides is 1. The predicted molar refractivity (Wildman–Crippen MR) is 78.7 cm³/mol. The molecule has 0 aliphatic rings. The van der Waals surface area contributed by atoms with Crippen molar-refractivity contribution < 1.29 is 14.3 Å². The van der Waals surface area contributed by atoms with Gasteiger partial charge >= 0.3 is 0 Å². The maximum atomic E-state index is 11.8. The van der Waals surface area contributed by atoms with Crippen LogP contribution < -0.4 is 5.32 Å². The highest BCUT2D eigenvalue weighted by Crippen LogP contribution is 2.22. The fourth-order valence-corrected chi connectivity index (χ4v) is 2.57. The molecular weight excluding hydrogens is 274 g/mol. The van der Waals surface area contributed by atoms with Crippen LogP contribution in [0.15, 0.2) is 34.1 Å². The predicted octanol–water partition coefficient (Wildman–Crippen LogP) is 2.61. The van der Waals surface area contributed by atoms with E-state index in [1.54, 1.807) is 30.4 Å². The zero-order valence-corrected chi connectivity index (χ0v) is 12.5. The zero-order valence-electron chi connectivity index (χ0n) is 11.7. The number of furan rings is 1. The molecule has 0 fully saturated rings. The van der Waals surface area contributed by atoms with Gasteiger partial charge in [0.1, 0.15) is 17.1 Å². The van der Waals surface area contributed by atoms with E-state index >= 15 is 0 Å². The Balaban J connectivity index is 1.80. The lowest BCUT2D eigenvalue weighted by molar-refractivity contribution is -0.122. The van der Waals surface area contributed by atoms with E-state index in [4.69, 9.17) is 4.42 Å². The molecule has 4 nitrogen and oxygen atoms in total. The average molecular weight is 293 g/mol. The fourth-order valence-electron chi connectivity index (χ4n) is 1.86. The molecule has 0 saturated carbocycles. The number of rotatable bonds is 6. The van der Waals surface area contributed by atoms with Gasteiger partial charge in [0.15, 0.2) is 0 Å². The molecule has 2 N–H and O–H groups in total. The average Bonchev–Trinajstić information content (AvgIpc) is 3.05. The van der Waals surface area contributed by atoms with Gasteiger partial charge in [0.2, 0.25) is 5.91 Å². The molecule has 0 aromatic carbocycles. The summed E-state index contributed by atoms with van der Waals surface area (Å²) in [5.41, 5.74) is -1.19. The van der Waals surface area contributed by atoms with Crippen LogP contribution in [-0.4, -0.2) is 17.6 Å². The Bertz CT molecular complexity index is 557. The van der Waals surface area contributed by atoms with Crippen molar-refractivity contribution in [2.75, 3.05) is 6.54 Å². The van der Waals surface area contributed by atoms with E-state index in [1.165, 1.54) is 4.88 Å². The second kappa shape index (κ2) is 6.24. The second-order valence-corrected chi connectivity index (χ2v) is 6.07. The first-order valence-electron chi connectivity index (χ1n) is 6.56. The number of aryl methyl sites for hydroxylation is 2. The van der Waals surface area contributed by atoms with Gasteiger partial charge in [-0.3, -0.25) is 4.79 Å². The molecule has 2 aromatic rings. The molecule has 0 aliphatic heterocycles. The summed E-state index contributed by atoms with van der Waals surface area (Å²) in [6.45, 7) is 3.59. The minimum absolute atomic E-state index is 0.0676. The third-order valence-electron chi connectivity index (χ3n) is 3.08. The molecule has 5 heteroatoms. The molecule has 0 saturated heterocycles. The minimum Gasteiger partial charge on any atom is -0.463 e. The van der Waals surface area contributed by atoms with Crippen LogP contribution in [-0.2, 0) is 16.8 Å². The van der Waals surface area contributed by atoms with Crippen molar-refractivity contribution in [1.82, 2.24) is 5.32 Å². The van der Waals surface area contributed by atoms with Gasteiger partial charge in [-0.25, -0.2) is 0 Å². The van der Waals surface area contributed by atoms with Crippen LogP contribution in [0.3, 0.4) is 0 Å². The summed E-state index contributed by atoms with van der Waals surface area (Å²) in [5, 5.41) is 15.0. The van der Waals surface area contributed by atoms with Crippen LogP contribution in [0.1, 0.15) is 29.7 Å². The largest absolute Gasteiger partial charge is 0.463 e. The number of carbonyl (C=O) groups is 1. The van der Waals surface area contributed by atoms with Crippen molar-refractivity contribution in [1.29, 1.82) is 0 Å². The van der Waals surface area contributed by atoms with Crippen molar-refractivity contribution in [2.24, 2.45) is 0 Å². The Kier molecular flexibility index (Phi) is 4.62. The number of thiophene rings is 1. The van der Waals surface area contributed by atoms with Crippen LogP contribution in [0.4, 0.5) is 0 Å². The van der Waals surface area contributed by atoms with E-state index in [-0.39, 0.29) is 12.5 Å². The summed E-state index contributed by atoms with van der Waals surface area (Å²) in [6, 6.07) is 7.51. The summed E-state index contributed by atoms with van der Waals surface area (Å²) in [4.78, 5) is 13.0. The van der Waals surface area contributed by atoms with Gasteiger partial charge in [-0.2, -0.15) is 0 Å². The Morgan fingerprint density at radius 3 is 2.85 bits per heavy atom. The van der Waals surface area contributed by atoms with Crippen molar-refractivity contribution >= 4 is 17.2 Å². The third-order valence-corrected chi connectivity index (χ3v) is 4.02. The van der Waals surface area contributed by atoms with Gasteiger partial charge in [-0.05, 0) is 43.8 Å². The molecule has 1 unspecified atom stereocenters. The molecule has 0 radical (unpaired) electrons. The molecule has 2 heterocycles. The van der Waals surface area contributed by atoms with Crippen molar-refractivity contribution in [3.05, 3.63) is 46.0 Å². The fraction of sp³-hybridized carbons (Fsp3) is 0.400. The Morgan fingerprint density at radius 1 is 1.45 bits per heavy atom.